The molecule has 0 spiro atoms. The van der Waals surface area contributed by atoms with Crippen molar-refractivity contribution in [1.82, 2.24) is 15.1 Å². The number of piperidine rings is 1. The lowest BCUT2D eigenvalue weighted by atomic mass is 9.99. The van der Waals surface area contributed by atoms with E-state index in [1.165, 1.54) is 29.5 Å². The Morgan fingerprint density at radius 1 is 1.22 bits per heavy atom. The molecule has 0 bridgehead atoms. The number of nitrogens with zero attached hydrogens (tertiary/aromatic N) is 3. The predicted octanol–water partition coefficient (Wildman–Crippen LogP) is 4.37. The van der Waals surface area contributed by atoms with Crippen LogP contribution in [-0.4, -0.2) is 46.6 Å². The zero-order valence-electron chi connectivity index (χ0n) is 17.0. The van der Waals surface area contributed by atoms with Crippen LogP contribution in [0.25, 0.3) is 0 Å². The highest BCUT2D eigenvalue weighted by molar-refractivity contribution is 7.13. The lowest BCUT2D eigenvalue weighted by molar-refractivity contribution is -0.134. The molecule has 2 heterocycles. The Morgan fingerprint density at radius 3 is 2.81 bits per heavy atom. The highest BCUT2D eigenvalue weighted by Crippen LogP contribution is 2.29. The molecule has 0 unspecified atom stereocenters. The minimum atomic E-state index is -0.445. The number of ether oxygens (including phenoxy) is 1. The molecule has 7 nitrogen and oxygen atoms in total. The second kappa shape index (κ2) is 10.1. The van der Waals surface area contributed by atoms with Gasteiger partial charge in [0, 0.05) is 29.7 Å². The Bertz CT molecular complexity index is 1110. The van der Waals surface area contributed by atoms with E-state index in [9.17, 15) is 14.0 Å². The third-order valence-corrected chi connectivity index (χ3v) is 6.35. The van der Waals surface area contributed by atoms with Crippen molar-refractivity contribution in [2.75, 3.05) is 25.0 Å². The maximum absolute atomic E-state index is 13.3. The molecule has 1 aliphatic rings. The summed E-state index contributed by atoms with van der Waals surface area (Å²) in [4.78, 5) is 26.8. The number of rotatable bonds is 6. The molecule has 32 heavy (non-hydrogen) atoms. The molecule has 1 atom stereocenters. The SMILES string of the molecule is O=C(Nc1cccc(F)c1)c1nnc([C@@H]2CCCN(C(=O)COc3ccc(Cl)cc3)C2)s1. The Balaban J connectivity index is 1.34. The maximum atomic E-state index is 13.3. The number of anilines is 1. The molecule has 0 aliphatic carbocycles. The quantitative estimate of drug-likeness (QED) is 0.573. The van der Waals surface area contributed by atoms with E-state index >= 15 is 0 Å². The van der Waals surface area contributed by atoms with Crippen molar-refractivity contribution in [3.8, 4) is 5.75 Å². The van der Waals surface area contributed by atoms with Crippen LogP contribution in [-0.2, 0) is 4.79 Å². The minimum Gasteiger partial charge on any atom is -0.484 e. The van der Waals surface area contributed by atoms with Crippen molar-refractivity contribution in [3.05, 3.63) is 69.4 Å². The van der Waals surface area contributed by atoms with Crippen LogP contribution in [0.1, 0.15) is 33.6 Å². The van der Waals surface area contributed by atoms with Crippen LogP contribution in [0.15, 0.2) is 48.5 Å². The number of benzene rings is 2. The average molecular weight is 475 g/mol. The van der Waals surface area contributed by atoms with Gasteiger partial charge in [-0.05, 0) is 55.3 Å². The second-order valence-electron chi connectivity index (χ2n) is 7.33. The van der Waals surface area contributed by atoms with E-state index in [1.54, 1.807) is 35.2 Å². The van der Waals surface area contributed by atoms with Gasteiger partial charge in [0.1, 0.15) is 16.6 Å². The van der Waals surface area contributed by atoms with Gasteiger partial charge >= 0.3 is 0 Å². The Kier molecular flexibility index (Phi) is 6.96. The Hall–Kier alpha value is -3.04. The minimum absolute atomic E-state index is 0.00329. The van der Waals surface area contributed by atoms with Crippen molar-refractivity contribution in [2.45, 2.75) is 18.8 Å². The zero-order chi connectivity index (χ0) is 22.5. The topological polar surface area (TPSA) is 84.4 Å². The molecule has 1 N–H and O–H groups in total. The Morgan fingerprint density at radius 2 is 2.03 bits per heavy atom. The van der Waals surface area contributed by atoms with Crippen LogP contribution in [0.4, 0.5) is 10.1 Å². The van der Waals surface area contributed by atoms with E-state index in [2.05, 4.69) is 15.5 Å². The van der Waals surface area contributed by atoms with Gasteiger partial charge in [0.05, 0.1) is 0 Å². The van der Waals surface area contributed by atoms with Crippen molar-refractivity contribution in [1.29, 1.82) is 0 Å². The summed E-state index contributed by atoms with van der Waals surface area (Å²) in [6, 6.07) is 12.5. The molecule has 166 valence electrons. The first-order chi connectivity index (χ1) is 15.5. The van der Waals surface area contributed by atoms with Gasteiger partial charge in [-0.1, -0.05) is 29.0 Å². The normalized spacial score (nSPS) is 15.9. The standard InChI is InChI=1S/C22H20ClFN4O3S/c23-15-6-8-18(9-7-15)31-13-19(29)28-10-2-3-14(12-28)21-26-27-22(32-21)20(30)25-17-5-1-4-16(24)11-17/h1,4-9,11,14H,2-3,10,12-13H2,(H,25,30)/t14-/m1/s1. The van der Waals surface area contributed by atoms with Crippen LogP contribution in [0.5, 0.6) is 5.75 Å². The fourth-order valence-corrected chi connectivity index (χ4v) is 4.40. The van der Waals surface area contributed by atoms with E-state index in [1.807, 2.05) is 0 Å². The summed E-state index contributed by atoms with van der Waals surface area (Å²) in [5.74, 6) is -0.420. The molecule has 1 aliphatic heterocycles. The molecule has 2 aromatic carbocycles. The molecule has 0 saturated carbocycles. The number of amides is 2. The number of halogens is 2. The van der Waals surface area contributed by atoms with E-state index in [-0.39, 0.29) is 23.4 Å². The first kappa shape index (κ1) is 22.2. The zero-order valence-corrected chi connectivity index (χ0v) is 18.5. The summed E-state index contributed by atoms with van der Waals surface area (Å²) in [5.41, 5.74) is 0.349. The van der Waals surface area contributed by atoms with Gasteiger partial charge < -0.3 is 15.0 Å². The summed E-state index contributed by atoms with van der Waals surface area (Å²) in [7, 11) is 0. The van der Waals surface area contributed by atoms with Gasteiger partial charge in [0.15, 0.2) is 6.61 Å². The molecule has 1 saturated heterocycles. The van der Waals surface area contributed by atoms with Gasteiger partial charge in [-0.25, -0.2) is 4.39 Å². The van der Waals surface area contributed by atoms with E-state index < -0.39 is 11.7 Å². The number of carbonyl (C=O) groups excluding carboxylic acids is 2. The van der Waals surface area contributed by atoms with Crippen LogP contribution >= 0.6 is 22.9 Å². The molecule has 3 aromatic rings. The molecule has 1 fully saturated rings. The van der Waals surface area contributed by atoms with Crippen LogP contribution in [0.3, 0.4) is 0 Å². The van der Waals surface area contributed by atoms with Crippen molar-refractivity contribution in [2.24, 2.45) is 0 Å². The van der Waals surface area contributed by atoms with Crippen LogP contribution in [0, 0.1) is 5.82 Å². The summed E-state index contributed by atoms with van der Waals surface area (Å²) >= 11 is 7.04. The van der Waals surface area contributed by atoms with Gasteiger partial charge in [0.25, 0.3) is 11.8 Å². The lowest BCUT2D eigenvalue weighted by Gasteiger charge is -2.31. The van der Waals surface area contributed by atoms with E-state index in [0.717, 1.165) is 12.8 Å². The number of hydrogen-bond donors (Lipinski definition) is 1. The number of nitrogens with one attached hydrogen (secondary N) is 1. The van der Waals surface area contributed by atoms with E-state index in [4.69, 9.17) is 16.3 Å². The highest BCUT2D eigenvalue weighted by Gasteiger charge is 2.28. The van der Waals surface area contributed by atoms with Crippen molar-refractivity contribution < 1.29 is 18.7 Å². The smallest absolute Gasteiger partial charge is 0.286 e. The molecule has 2 amide bonds. The molecular weight excluding hydrogens is 455 g/mol. The number of likely N-dealkylation sites (tertiary alicyclic amines) is 1. The largest absolute Gasteiger partial charge is 0.484 e. The van der Waals surface area contributed by atoms with Crippen LogP contribution < -0.4 is 10.1 Å². The number of aromatic nitrogens is 2. The summed E-state index contributed by atoms with van der Waals surface area (Å²) in [6.07, 6.45) is 1.67. The third kappa shape index (κ3) is 5.60. The lowest BCUT2D eigenvalue weighted by Crippen LogP contribution is -2.41. The molecular formula is C22H20ClFN4O3S. The third-order valence-electron chi connectivity index (χ3n) is 5.02. The summed E-state index contributed by atoms with van der Waals surface area (Å²) in [5, 5.41) is 12.3. The maximum Gasteiger partial charge on any atom is 0.286 e. The number of carbonyl (C=O) groups is 2. The second-order valence-corrected chi connectivity index (χ2v) is 8.78. The van der Waals surface area contributed by atoms with Crippen molar-refractivity contribution in [3.63, 3.8) is 0 Å². The Labute approximate surface area is 193 Å². The molecule has 4 rings (SSSR count). The fraction of sp³-hybridized carbons (Fsp3) is 0.273. The van der Waals surface area contributed by atoms with Crippen molar-refractivity contribution >= 4 is 40.4 Å². The average Bonchev–Trinajstić information content (AvgIpc) is 3.29. The predicted molar refractivity (Wildman–Crippen MR) is 120 cm³/mol. The van der Waals surface area contributed by atoms with Gasteiger partial charge in [-0.15, -0.1) is 10.2 Å². The first-order valence-electron chi connectivity index (χ1n) is 10.0. The molecule has 1 aromatic heterocycles. The molecule has 10 heteroatoms. The summed E-state index contributed by atoms with van der Waals surface area (Å²) in [6.45, 7) is 1.07. The fourth-order valence-electron chi connectivity index (χ4n) is 3.41. The van der Waals surface area contributed by atoms with Crippen LogP contribution in [0.2, 0.25) is 5.02 Å². The van der Waals surface area contributed by atoms with Gasteiger partial charge in [0.2, 0.25) is 5.01 Å². The molecule has 0 radical (unpaired) electrons. The highest BCUT2D eigenvalue weighted by atomic mass is 35.5. The van der Waals surface area contributed by atoms with Gasteiger partial charge in [-0.3, -0.25) is 9.59 Å². The van der Waals surface area contributed by atoms with E-state index in [0.29, 0.717) is 34.6 Å². The monoisotopic (exact) mass is 474 g/mol. The first-order valence-corrected chi connectivity index (χ1v) is 11.2. The number of hydrogen-bond acceptors (Lipinski definition) is 6. The summed E-state index contributed by atoms with van der Waals surface area (Å²) < 4.78 is 18.9. The van der Waals surface area contributed by atoms with Gasteiger partial charge in [-0.2, -0.15) is 0 Å².